The van der Waals surface area contributed by atoms with E-state index in [9.17, 15) is 0 Å². The maximum atomic E-state index is 6.04. The van der Waals surface area contributed by atoms with E-state index >= 15 is 0 Å². The van der Waals surface area contributed by atoms with Crippen LogP contribution in [-0.2, 0) is 6.42 Å². The third kappa shape index (κ3) is 1.37. The van der Waals surface area contributed by atoms with Gasteiger partial charge in [0.25, 0.3) is 0 Å². The summed E-state index contributed by atoms with van der Waals surface area (Å²) in [6.07, 6.45) is 3.79. The average Bonchev–Trinajstić information content (AvgIpc) is 2.58. The topological polar surface area (TPSA) is 15.8 Å². The van der Waals surface area contributed by atoms with E-state index in [0.29, 0.717) is 5.92 Å². The van der Waals surface area contributed by atoms with Crippen LogP contribution in [0.15, 0.2) is 18.2 Å². The standard InChI is InChI=1S/C13H14ClN/c1-8-3-2-4-10-11-7-9(14)5-6-12(11)15-13(8)10/h5-8,15H,2-4H2,1H3. The number of benzene rings is 1. The van der Waals surface area contributed by atoms with Crippen LogP contribution in [0.5, 0.6) is 0 Å². The number of H-pyrrole nitrogens is 1. The Bertz CT molecular complexity index is 512. The second kappa shape index (κ2) is 3.28. The molecule has 0 saturated carbocycles. The molecule has 1 unspecified atom stereocenters. The normalized spacial score (nSPS) is 20.5. The Hall–Kier alpha value is -0.950. The van der Waals surface area contributed by atoms with Crippen molar-refractivity contribution in [3.05, 3.63) is 34.5 Å². The number of fused-ring (bicyclic) bond motifs is 3. The van der Waals surface area contributed by atoms with Crippen LogP contribution in [0.3, 0.4) is 0 Å². The van der Waals surface area contributed by atoms with Gasteiger partial charge in [0.2, 0.25) is 0 Å². The molecule has 1 aromatic heterocycles. The van der Waals surface area contributed by atoms with Gasteiger partial charge in [-0.1, -0.05) is 18.5 Å². The minimum absolute atomic E-state index is 0.667. The Morgan fingerprint density at radius 2 is 2.27 bits per heavy atom. The molecule has 78 valence electrons. The summed E-state index contributed by atoms with van der Waals surface area (Å²) in [5.41, 5.74) is 4.16. The van der Waals surface area contributed by atoms with Crippen molar-refractivity contribution in [3.8, 4) is 0 Å². The SMILES string of the molecule is CC1CCCc2c1[nH]c1ccc(Cl)cc21. The quantitative estimate of drug-likeness (QED) is 0.682. The second-order valence-electron chi connectivity index (χ2n) is 4.50. The van der Waals surface area contributed by atoms with Gasteiger partial charge in [0.05, 0.1) is 0 Å². The fourth-order valence-electron chi connectivity index (χ4n) is 2.66. The monoisotopic (exact) mass is 219 g/mol. The molecule has 0 saturated heterocycles. The van der Waals surface area contributed by atoms with Crippen molar-refractivity contribution in [1.82, 2.24) is 4.98 Å². The van der Waals surface area contributed by atoms with Crippen molar-refractivity contribution in [2.24, 2.45) is 0 Å². The zero-order valence-corrected chi connectivity index (χ0v) is 9.56. The van der Waals surface area contributed by atoms with E-state index in [1.54, 1.807) is 0 Å². The van der Waals surface area contributed by atoms with Crippen molar-refractivity contribution in [1.29, 1.82) is 0 Å². The Balaban J connectivity index is 2.31. The molecular weight excluding hydrogens is 206 g/mol. The molecule has 1 atom stereocenters. The van der Waals surface area contributed by atoms with Gasteiger partial charge in [0.15, 0.2) is 0 Å². The minimum Gasteiger partial charge on any atom is -0.358 e. The zero-order chi connectivity index (χ0) is 10.4. The van der Waals surface area contributed by atoms with Crippen molar-refractivity contribution in [3.63, 3.8) is 0 Å². The lowest BCUT2D eigenvalue weighted by Gasteiger charge is -2.18. The van der Waals surface area contributed by atoms with Gasteiger partial charge in [-0.3, -0.25) is 0 Å². The predicted octanol–water partition coefficient (Wildman–Crippen LogP) is 4.26. The van der Waals surface area contributed by atoms with Crippen LogP contribution in [0.25, 0.3) is 10.9 Å². The summed E-state index contributed by atoms with van der Waals surface area (Å²) < 4.78 is 0. The number of rotatable bonds is 0. The third-order valence-electron chi connectivity index (χ3n) is 3.46. The third-order valence-corrected chi connectivity index (χ3v) is 3.69. The molecule has 1 nitrogen and oxygen atoms in total. The van der Waals surface area contributed by atoms with Gasteiger partial charge in [0, 0.05) is 21.6 Å². The van der Waals surface area contributed by atoms with Crippen LogP contribution in [0, 0.1) is 0 Å². The summed E-state index contributed by atoms with van der Waals surface area (Å²) in [5, 5.41) is 2.16. The maximum absolute atomic E-state index is 6.04. The van der Waals surface area contributed by atoms with Gasteiger partial charge in [-0.2, -0.15) is 0 Å². The minimum atomic E-state index is 0.667. The lowest BCUT2D eigenvalue weighted by Crippen LogP contribution is -2.05. The van der Waals surface area contributed by atoms with Crippen LogP contribution >= 0.6 is 11.6 Å². The predicted molar refractivity (Wildman–Crippen MR) is 64.7 cm³/mol. The molecule has 1 aromatic carbocycles. The average molecular weight is 220 g/mol. The van der Waals surface area contributed by atoms with Crippen LogP contribution in [-0.4, -0.2) is 4.98 Å². The summed E-state index contributed by atoms with van der Waals surface area (Å²) in [7, 11) is 0. The molecule has 15 heavy (non-hydrogen) atoms. The summed E-state index contributed by atoms with van der Waals surface area (Å²) >= 11 is 6.04. The number of nitrogens with one attached hydrogen (secondary N) is 1. The van der Waals surface area contributed by atoms with Gasteiger partial charge < -0.3 is 4.98 Å². The first-order valence-corrected chi connectivity index (χ1v) is 5.93. The second-order valence-corrected chi connectivity index (χ2v) is 4.94. The first kappa shape index (κ1) is 9.29. The molecule has 2 aromatic rings. The summed E-state index contributed by atoms with van der Waals surface area (Å²) in [4.78, 5) is 3.53. The van der Waals surface area contributed by atoms with E-state index in [-0.39, 0.29) is 0 Å². The van der Waals surface area contributed by atoms with Gasteiger partial charge in [0.1, 0.15) is 0 Å². The van der Waals surface area contributed by atoms with Crippen molar-refractivity contribution in [2.75, 3.05) is 0 Å². The molecular formula is C13H14ClN. The fourth-order valence-corrected chi connectivity index (χ4v) is 2.83. The van der Waals surface area contributed by atoms with E-state index in [0.717, 1.165) is 5.02 Å². The van der Waals surface area contributed by atoms with Crippen LogP contribution in [0.2, 0.25) is 5.02 Å². The number of halogens is 1. The summed E-state index contributed by atoms with van der Waals surface area (Å²) in [5.74, 6) is 0.667. The Morgan fingerprint density at radius 3 is 3.13 bits per heavy atom. The number of aromatic nitrogens is 1. The summed E-state index contributed by atoms with van der Waals surface area (Å²) in [6, 6.07) is 6.13. The molecule has 1 N–H and O–H groups in total. The smallest absolute Gasteiger partial charge is 0.0460 e. The first-order chi connectivity index (χ1) is 7.25. The molecule has 0 bridgehead atoms. The number of aryl methyl sites for hydroxylation is 1. The molecule has 1 aliphatic rings. The van der Waals surface area contributed by atoms with Gasteiger partial charge in [-0.25, -0.2) is 0 Å². The van der Waals surface area contributed by atoms with Gasteiger partial charge >= 0.3 is 0 Å². The molecule has 1 aliphatic carbocycles. The van der Waals surface area contributed by atoms with Crippen molar-refractivity contribution >= 4 is 22.5 Å². The van der Waals surface area contributed by atoms with Crippen LogP contribution in [0.1, 0.15) is 36.9 Å². The molecule has 2 heteroatoms. The molecule has 0 radical (unpaired) electrons. The highest BCUT2D eigenvalue weighted by Crippen LogP contribution is 2.36. The lowest BCUT2D eigenvalue weighted by molar-refractivity contribution is 0.582. The molecule has 0 aliphatic heterocycles. The van der Waals surface area contributed by atoms with Gasteiger partial charge in [-0.15, -0.1) is 0 Å². The first-order valence-electron chi connectivity index (χ1n) is 5.55. The Morgan fingerprint density at radius 1 is 1.40 bits per heavy atom. The molecule has 0 fully saturated rings. The molecule has 3 rings (SSSR count). The highest BCUT2D eigenvalue weighted by Gasteiger charge is 2.20. The fraction of sp³-hybridized carbons (Fsp3) is 0.385. The van der Waals surface area contributed by atoms with Crippen molar-refractivity contribution in [2.45, 2.75) is 32.1 Å². The van der Waals surface area contributed by atoms with E-state index in [4.69, 9.17) is 11.6 Å². The molecule has 0 amide bonds. The van der Waals surface area contributed by atoms with E-state index < -0.39 is 0 Å². The maximum Gasteiger partial charge on any atom is 0.0460 e. The van der Waals surface area contributed by atoms with Gasteiger partial charge in [-0.05, 0) is 48.9 Å². The molecule has 1 heterocycles. The highest BCUT2D eigenvalue weighted by atomic mass is 35.5. The Kier molecular flexibility index (Phi) is 2.03. The van der Waals surface area contributed by atoms with Crippen molar-refractivity contribution < 1.29 is 0 Å². The highest BCUT2D eigenvalue weighted by molar-refractivity contribution is 6.31. The largest absolute Gasteiger partial charge is 0.358 e. The number of aromatic amines is 1. The number of hydrogen-bond donors (Lipinski definition) is 1. The Labute approximate surface area is 94.4 Å². The lowest BCUT2D eigenvalue weighted by atomic mass is 9.88. The molecule has 0 spiro atoms. The van der Waals surface area contributed by atoms with Crippen LogP contribution < -0.4 is 0 Å². The van der Waals surface area contributed by atoms with Crippen LogP contribution in [0.4, 0.5) is 0 Å². The summed E-state index contributed by atoms with van der Waals surface area (Å²) in [6.45, 7) is 2.30. The number of hydrogen-bond acceptors (Lipinski definition) is 0. The van der Waals surface area contributed by atoms with E-state index in [2.05, 4.69) is 24.0 Å². The van der Waals surface area contributed by atoms with E-state index in [1.165, 1.54) is 41.4 Å². The van der Waals surface area contributed by atoms with E-state index in [1.807, 2.05) is 6.07 Å². The zero-order valence-electron chi connectivity index (χ0n) is 8.81.